The van der Waals surface area contributed by atoms with Crippen LogP contribution in [0.2, 0.25) is 0 Å². The van der Waals surface area contributed by atoms with Gasteiger partial charge < -0.3 is 20.2 Å². The van der Waals surface area contributed by atoms with Crippen LogP contribution in [0.5, 0.6) is 0 Å². The van der Waals surface area contributed by atoms with Crippen molar-refractivity contribution in [3.8, 4) is 0 Å². The molecule has 26 heavy (non-hydrogen) atoms. The highest BCUT2D eigenvalue weighted by Gasteiger charge is 2.41. The van der Waals surface area contributed by atoms with Crippen LogP contribution in [0.4, 0.5) is 13.6 Å². The molecule has 0 radical (unpaired) electrons. The molecule has 140 valence electrons. The van der Waals surface area contributed by atoms with Crippen LogP contribution in [0.15, 0.2) is 18.2 Å². The quantitative estimate of drug-likeness (QED) is 0.844. The Balaban J connectivity index is 1.75. The van der Waals surface area contributed by atoms with E-state index in [1.807, 2.05) is 0 Å². The Morgan fingerprint density at radius 2 is 2.00 bits per heavy atom. The van der Waals surface area contributed by atoms with E-state index < -0.39 is 41.6 Å². The zero-order chi connectivity index (χ0) is 19.0. The minimum atomic E-state index is -1.02. The third kappa shape index (κ3) is 3.33. The number of likely N-dealkylation sites (tertiary alicyclic amines) is 2. The molecule has 0 bridgehead atoms. The van der Waals surface area contributed by atoms with Crippen molar-refractivity contribution in [2.75, 3.05) is 20.1 Å². The van der Waals surface area contributed by atoms with Gasteiger partial charge in [-0.1, -0.05) is 6.07 Å². The van der Waals surface area contributed by atoms with Crippen molar-refractivity contribution in [2.24, 2.45) is 5.92 Å². The summed E-state index contributed by atoms with van der Waals surface area (Å²) in [6.45, 7) is 0.419. The summed E-state index contributed by atoms with van der Waals surface area (Å²) in [6, 6.07) is 1.68. The first-order valence-corrected chi connectivity index (χ1v) is 8.26. The molecule has 1 aromatic rings. The normalized spacial score (nSPS) is 25.7. The SMILES string of the molecule is CN1C(=O)CC(NC(=O)N2CCC(C(=O)O)C2)C1c1ccc(F)c(F)c1. The number of carbonyl (C=O) groups excluding carboxylic acids is 2. The number of hydrogen-bond donors (Lipinski definition) is 2. The van der Waals surface area contributed by atoms with Crippen LogP contribution in [0.1, 0.15) is 24.4 Å². The van der Waals surface area contributed by atoms with Gasteiger partial charge in [-0.3, -0.25) is 9.59 Å². The van der Waals surface area contributed by atoms with Crippen LogP contribution >= 0.6 is 0 Å². The maximum absolute atomic E-state index is 13.6. The molecule has 0 aliphatic carbocycles. The van der Waals surface area contributed by atoms with Crippen molar-refractivity contribution in [1.29, 1.82) is 0 Å². The molecule has 3 rings (SSSR count). The molecule has 2 fully saturated rings. The van der Waals surface area contributed by atoms with Crippen molar-refractivity contribution in [3.05, 3.63) is 35.4 Å². The highest BCUT2D eigenvalue weighted by atomic mass is 19.2. The van der Waals surface area contributed by atoms with E-state index in [0.29, 0.717) is 18.5 Å². The van der Waals surface area contributed by atoms with Crippen LogP contribution in [-0.4, -0.2) is 59.0 Å². The van der Waals surface area contributed by atoms with Gasteiger partial charge in [0, 0.05) is 26.6 Å². The van der Waals surface area contributed by atoms with Crippen LogP contribution < -0.4 is 5.32 Å². The number of likely N-dealkylation sites (N-methyl/N-ethyl adjacent to an activating group) is 1. The predicted octanol–water partition coefficient (Wildman–Crippen LogP) is 1.35. The smallest absolute Gasteiger partial charge is 0.317 e. The van der Waals surface area contributed by atoms with Gasteiger partial charge >= 0.3 is 12.0 Å². The molecule has 7 nitrogen and oxygen atoms in total. The number of aliphatic carboxylic acids is 1. The highest BCUT2D eigenvalue weighted by Crippen LogP contribution is 2.33. The second-order valence-corrected chi connectivity index (χ2v) is 6.65. The number of carboxylic acid groups (broad SMARTS) is 1. The van der Waals surface area contributed by atoms with Gasteiger partial charge in [-0.25, -0.2) is 13.6 Å². The van der Waals surface area contributed by atoms with E-state index in [1.165, 1.54) is 22.9 Å². The summed E-state index contributed by atoms with van der Waals surface area (Å²) >= 11 is 0. The first-order chi connectivity index (χ1) is 12.3. The molecule has 9 heteroatoms. The number of amides is 3. The molecule has 0 saturated carbocycles. The van der Waals surface area contributed by atoms with E-state index in [-0.39, 0.29) is 18.9 Å². The average Bonchev–Trinajstić information content (AvgIpc) is 3.17. The van der Waals surface area contributed by atoms with Crippen molar-refractivity contribution in [1.82, 2.24) is 15.1 Å². The fourth-order valence-electron chi connectivity index (χ4n) is 3.55. The molecule has 3 atom stereocenters. The number of rotatable bonds is 3. The van der Waals surface area contributed by atoms with Crippen molar-refractivity contribution in [2.45, 2.75) is 24.9 Å². The monoisotopic (exact) mass is 367 g/mol. The lowest BCUT2D eigenvalue weighted by Gasteiger charge is -2.27. The summed E-state index contributed by atoms with van der Waals surface area (Å²) in [5.74, 6) is -3.79. The number of hydrogen-bond acceptors (Lipinski definition) is 3. The van der Waals surface area contributed by atoms with Crippen LogP contribution in [0, 0.1) is 17.6 Å². The second-order valence-electron chi connectivity index (χ2n) is 6.65. The average molecular weight is 367 g/mol. The molecule has 1 aromatic carbocycles. The number of urea groups is 1. The van der Waals surface area contributed by atoms with E-state index in [1.54, 1.807) is 0 Å². The summed E-state index contributed by atoms with van der Waals surface area (Å²) in [4.78, 5) is 38.3. The third-order valence-electron chi connectivity index (χ3n) is 5.01. The Hall–Kier alpha value is -2.71. The van der Waals surface area contributed by atoms with Gasteiger partial charge in [0.2, 0.25) is 5.91 Å². The first-order valence-electron chi connectivity index (χ1n) is 8.26. The minimum Gasteiger partial charge on any atom is -0.481 e. The lowest BCUT2D eigenvalue weighted by molar-refractivity contribution is -0.141. The fraction of sp³-hybridized carbons (Fsp3) is 0.471. The van der Waals surface area contributed by atoms with Crippen molar-refractivity contribution >= 4 is 17.9 Å². The molecule has 2 aliphatic rings. The Morgan fingerprint density at radius 1 is 1.27 bits per heavy atom. The third-order valence-corrected chi connectivity index (χ3v) is 5.01. The largest absolute Gasteiger partial charge is 0.481 e. The standard InChI is InChI=1S/C17H19F2N3O4/c1-21-14(23)7-13(15(21)9-2-3-11(18)12(19)6-9)20-17(26)22-5-4-10(8-22)16(24)25/h2-3,6,10,13,15H,4-5,7-8H2,1H3,(H,20,26)(H,24,25). The predicted molar refractivity (Wildman–Crippen MR) is 86.1 cm³/mol. The van der Waals surface area contributed by atoms with Crippen LogP contribution in [0.3, 0.4) is 0 Å². The van der Waals surface area contributed by atoms with E-state index >= 15 is 0 Å². The molecule has 3 unspecified atom stereocenters. The molecule has 2 aliphatic heterocycles. The van der Waals surface area contributed by atoms with Gasteiger partial charge in [-0.2, -0.15) is 0 Å². The van der Waals surface area contributed by atoms with Crippen molar-refractivity contribution in [3.63, 3.8) is 0 Å². The van der Waals surface area contributed by atoms with Gasteiger partial charge in [0.05, 0.1) is 18.0 Å². The number of carbonyl (C=O) groups is 3. The number of nitrogens with zero attached hydrogens (tertiary/aromatic N) is 2. The molecular weight excluding hydrogens is 348 g/mol. The van der Waals surface area contributed by atoms with E-state index in [2.05, 4.69) is 5.32 Å². The summed E-state index contributed by atoms with van der Waals surface area (Å²) in [7, 11) is 1.54. The molecule has 2 saturated heterocycles. The number of nitrogens with one attached hydrogen (secondary N) is 1. The summed E-state index contributed by atoms with van der Waals surface area (Å²) in [5, 5.41) is 11.8. The van der Waals surface area contributed by atoms with E-state index in [9.17, 15) is 23.2 Å². The summed E-state index contributed by atoms with van der Waals surface area (Å²) < 4.78 is 26.8. The van der Waals surface area contributed by atoms with Gasteiger partial charge in [-0.05, 0) is 24.1 Å². The lowest BCUT2D eigenvalue weighted by Crippen LogP contribution is -2.46. The minimum absolute atomic E-state index is 0.0299. The maximum Gasteiger partial charge on any atom is 0.317 e. The summed E-state index contributed by atoms with van der Waals surface area (Å²) in [5.41, 5.74) is 0.382. The van der Waals surface area contributed by atoms with Gasteiger partial charge in [-0.15, -0.1) is 0 Å². The zero-order valence-electron chi connectivity index (χ0n) is 14.1. The topological polar surface area (TPSA) is 90.0 Å². The van der Waals surface area contributed by atoms with E-state index in [0.717, 1.165) is 12.1 Å². The zero-order valence-corrected chi connectivity index (χ0v) is 14.1. The van der Waals surface area contributed by atoms with E-state index in [4.69, 9.17) is 5.11 Å². The van der Waals surface area contributed by atoms with Gasteiger partial charge in [0.15, 0.2) is 11.6 Å². The Labute approximate surface area is 148 Å². The Morgan fingerprint density at radius 3 is 2.62 bits per heavy atom. The summed E-state index contributed by atoms with van der Waals surface area (Å²) in [6.07, 6.45) is 0.404. The first kappa shape index (κ1) is 18.1. The van der Waals surface area contributed by atoms with Crippen molar-refractivity contribution < 1.29 is 28.3 Å². The molecule has 2 heterocycles. The molecule has 2 N–H and O–H groups in total. The van der Waals surface area contributed by atoms with Crippen LogP contribution in [-0.2, 0) is 9.59 Å². The molecule has 3 amide bonds. The molecule has 0 spiro atoms. The lowest BCUT2D eigenvalue weighted by atomic mass is 10.00. The fourth-order valence-corrected chi connectivity index (χ4v) is 3.55. The van der Waals surface area contributed by atoms with Gasteiger partial charge in [0.1, 0.15) is 0 Å². The number of carboxylic acids is 1. The maximum atomic E-state index is 13.6. The molecule has 0 aromatic heterocycles. The van der Waals surface area contributed by atoms with Crippen LogP contribution in [0.25, 0.3) is 0 Å². The molecular formula is C17H19F2N3O4. The van der Waals surface area contributed by atoms with Gasteiger partial charge in [0.25, 0.3) is 0 Å². The number of benzene rings is 1. The second kappa shape index (κ2) is 6.89. The number of halogens is 2. The highest BCUT2D eigenvalue weighted by molar-refractivity contribution is 5.83. The Bertz CT molecular complexity index is 758. The Kier molecular flexibility index (Phi) is 4.80.